The number of rotatable bonds is 2. The summed E-state index contributed by atoms with van der Waals surface area (Å²) in [5.41, 5.74) is 1.13. The lowest BCUT2D eigenvalue weighted by Crippen LogP contribution is -2.29. The molecule has 1 atom stereocenters. The molecule has 2 aliphatic rings. The van der Waals surface area contributed by atoms with Gasteiger partial charge in [0.25, 0.3) is 5.91 Å². The van der Waals surface area contributed by atoms with Crippen LogP contribution >= 0.6 is 27.3 Å². The number of carbonyl (C=O) groups is 1. The van der Waals surface area contributed by atoms with Crippen molar-refractivity contribution < 1.29 is 14.3 Å². The van der Waals surface area contributed by atoms with Gasteiger partial charge in [0.15, 0.2) is 11.5 Å². The molecule has 4 rings (SSSR count). The van der Waals surface area contributed by atoms with Gasteiger partial charge in [-0.15, -0.1) is 11.3 Å². The van der Waals surface area contributed by atoms with Crippen molar-refractivity contribution in [1.29, 1.82) is 0 Å². The number of ether oxygens (including phenoxy) is 2. The fourth-order valence-corrected chi connectivity index (χ4v) is 4.66. The maximum absolute atomic E-state index is 12.8. The lowest BCUT2D eigenvalue weighted by atomic mass is 10.0. The Kier molecular flexibility index (Phi) is 4.50. The Morgan fingerprint density at radius 2 is 1.96 bits per heavy atom. The third-order valence-corrected chi connectivity index (χ3v) is 6.07. The maximum Gasteiger partial charge on any atom is 0.264 e. The zero-order chi connectivity index (χ0) is 16.5. The minimum Gasteiger partial charge on any atom is -0.490 e. The largest absolute Gasteiger partial charge is 0.490 e. The van der Waals surface area contributed by atoms with Gasteiger partial charge in [-0.2, -0.15) is 0 Å². The maximum atomic E-state index is 12.8. The Labute approximate surface area is 153 Å². The minimum absolute atomic E-state index is 0.107. The van der Waals surface area contributed by atoms with E-state index in [-0.39, 0.29) is 11.9 Å². The van der Waals surface area contributed by atoms with Crippen molar-refractivity contribution >= 4 is 33.2 Å². The molecule has 1 aromatic heterocycles. The number of likely N-dealkylation sites (tertiary alicyclic amines) is 1. The van der Waals surface area contributed by atoms with E-state index in [4.69, 9.17) is 9.47 Å². The number of hydrogen-bond donors (Lipinski definition) is 0. The zero-order valence-electron chi connectivity index (χ0n) is 13.2. The van der Waals surface area contributed by atoms with Crippen LogP contribution in [0.3, 0.4) is 0 Å². The van der Waals surface area contributed by atoms with Crippen molar-refractivity contribution in [3.8, 4) is 11.5 Å². The normalized spacial score (nSPS) is 20.0. The van der Waals surface area contributed by atoms with Crippen molar-refractivity contribution in [2.75, 3.05) is 19.8 Å². The number of hydrogen-bond acceptors (Lipinski definition) is 4. The van der Waals surface area contributed by atoms with Gasteiger partial charge in [-0.3, -0.25) is 4.79 Å². The number of benzene rings is 1. The van der Waals surface area contributed by atoms with Crippen molar-refractivity contribution in [3.05, 3.63) is 44.6 Å². The lowest BCUT2D eigenvalue weighted by molar-refractivity contribution is 0.0740. The second kappa shape index (κ2) is 6.76. The van der Waals surface area contributed by atoms with Gasteiger partial charge >= 0.3 is 0 Å². The first kappa shape index (κ1) is 16.0. The average molecular weight is 408 g/mol. The molecule has 0 saturated carbocycles. The van der Waals surface area contributed by atoms with E-state index in [1.807, 2.05) is 29.2 Å². The fraction of sp³-hybridized carbons (Fsp3) is 0.389. The van der Waals surface area contributed by atoms with Crippen LogP contribution in [0.25, 0.3) is 0 Å². The van der Waals surface area contributed by atoms with Gasteiger partial charge in [0.05, 0.1) is 27.9 Å². The second-order valence-electron chi connectivity index (χ2n) is 6.02. The first-order valence-corrected chi connectivity index (χ1v) is 9.79. The van der Waals surface area contributed by atoms with Gasteiger partial charge in [0.2, 0.25) is 0 Å². The highest BCUT2D eigenvalue weighted by molar-refractivity contribution is 9.11. The number of thiophene rings is 1. The van der Waals surface area contributed by atoms with Crippen LogP contribution in [0.5, 0.6) is 11.5 Å². The number of amides is 1. The molecule has 1 unspecified atom stereocenters. The molecule has 1 saturated heterocycles. The highest BCUT2D eigenvalue weighted by atomic mass is 79.9. The number of fused-ring (bicyclic) bond motifs is 1. The molecule has 1 aromatic carbocycles. The topological polar surface area (TPSA) is 38.8 Å². The van der Waals surface area contributed by atoms with Gasteiger partial charge < -0.3 is 14.4 Å². The van der Waals surface area contributed by atoms with Crippen molar-refractivity contribution in [2.45, 2.75) is 25.3 Å². The van der Waals surface area contributed by atoms with Crippen LogP contribution in [0.15, 0.2) is 34.1 Å². The highest BCUT2D eigenvalue weighted by Crippen LogP contribution is 2.39. The number of halogens is 1. The van der Waals surface area contributed by atoms with Crippen molar-refractivity contribution in [3.63, 3.8) is 0 Å². The van der Waals surface area contributed by atoms with Crippen molar-refractivity contribution in [2.24, 2.45) is 0 Å². The molecule has 4 nitrogen and oxygen atoms in total. The van der Waals surface area contributed by atoms with Crippen LogP contribution in [-0.4, -0.2) is 30.6 Å². The smallest absolute Gasteiger partial charge is 0.264 e. The van der Waals surface area contributed by atoms with Crippen LogP contribution < -0.4 is 9.47 Å². The summed E-state index contributed by atoms with van der Waals surface area (Å²) >= 11 is 4.92. The summed E-state index contributed by atoms with van der Waals surface area (Å²) in [5.74, 6) is 1.71. The van der Waals surface area contributed by atoms with Crippen molar-refractivity contribution in [1.82, 2.24) is 4.90 Å². The quantitative estimate of drug-likeness (QED) is 0.726. The molecule has 0 aliphatic carbocycles. The lowest BCUT2D eigenvalue weighted by Gasteiger charge is -2.25. The zero-order valence-corrected chi connectivity index (χ0v) is 15.6. The van der Waals surface area contributed by atoms with E-state index in [1.54, 1.807) is 0 Å². The van der Waals surface area contributed by atoms with E-state index in [9.17, 15) is 4.79 Å². The molecular weight excluding hydrogens is 390 g/mol. The Hall–Kier alpha value is -1.53. The van der Waals surface area contributed by atoms with Crippen LogP contribution in [0.1, 0.15) is 40.5 Å². The minimum atomic E-state index is 0.107. The summed E-state index contributed by atoms with van der Waals surface area (Å²) in [7, 11) is 0. The third kappa shape index (κ3) is 3.05. The van der Waals surface area contributed by atoms with E-state index in [2.05, 4.69) is 22.0 Å². The SMILES string of the molecule is O=C(c1ccc(Br)s1)N1CCCC1c1ccc2c(c1)OCCCO2. The first-order valence-electron chi connectivity index (χ1n) is 8.18. The molecule has 0 radical (unpaired) electrons. The summed E-state index contributed by atoms with van der Waals surface area (Å²) < 4.78 is 12.5. The van der Waals surface area contributed by atoms with Crippen LogP contribution in [0.2, 0.25) is 0 Å². The van der Waals surface area contributed by atoms with Crippen LogP contribution in [0.4, 0.5) is 0 Å². The summed E-state index contributed by atoms with van der Waals surface area (Å²) in [4.78, 5) is 15.6. The van der Waals surface area contributed by atoms with Crippen LogP contribution in [0, 0.1) is 0 Å². The average Bonchev–Trinajstić information content (AvgIpc) is 3.18. The highest BCUT2D eigenvalue weighted by Gasteiger charge is 2.32. The van der Waals surface area contributed by atoms with E-state index in [0.717, 1.165) is 51.5 Å². The van der Waals surface area contributed by atoms with Gasteiger partial charge in [-0.05, 0) is 58.6 Å². The molecule has 126 valence electrons. The third-order valence-electron chi connectivity index (χ3n) is 4.45. The predicted octanol–water partition coefficient (Wildman–Crippen LogP) is 4.65. The molecule has 2 aliphatic heterocycles. The Morgan fingerprint density at radius 1 is 1.12 bits per heavy atom. The molecule has 6 heteroatoms. The molecule has 0 N–H and O–H groups in total. The predicted molar refractivity (Wildman–Crippen MR) is 97.1 cm³/mol. The molecule has 1 fully saturated rings. The van der Waals surface area contributed by atoms with Crippen LogP contribution in [-0.2, 0) is 0 Å². The molecule has 3 heterocycles. The molecule has 1 amide bonds. The molecular formula is C18H18BrNO3S. The fourth-order valence-electron chi connectivity index (χ4n) is 3.31. The van der Waals surface area contributed by atoms with Gasteiger partial charge in [0, 0.05) is 13.0 Å². The Morgan fingerprint density at radius 3 is 2.75 bits per heavy atom. The number of carbonyl (C=O) groups excluding carboxylic acids is 1. The van der Waals surface area contributed by atoms with Gasteiger partial charge in [-0.1, -0.05) is 6.07 Å². The Balaban J connectivity index is 1.61. The standard InChI is InChI=1S/C18H18BrNO3S/c19-17-7-6-16(24-17)18(21)20-8-1-3-13(20)12-4-5-14-15(11-12)23-10-2-9-22-14/h4-7,11,13H,1-3,8-10H2. The van der Waals surface area contributed by atoms with E-state index < -0.39 is 0 Å². The molecule has 0 bridgehead atoms. The monoisotopic (exact) mass is 407 g/mol. The summed E-state index contributed by atoms with van der Waals surface area (Å²) in [6.45, 7) is 2.16. The summed E-state index contributed by atoms with van der Waals surface area (Å²) in [5, 5.41) is 0. The first-order chi connectivity index (χ1) is 11.7. The number of nitrogens with zero attached hydrogens (tertiary/aromatic N) is 1. The molecule has 24 heavy (non-hydrogen) atoms. The second-order valence-corrected chi connectivity index (χ2v) is 8.48. The van der Waals surface area contributed by atoms with E-state index in [0.29, 0.717) is 13.2 Å². The summed E-state index contributed by atoms with van der Waals surface area (Å²) in [6.07, 6.45) is 2.90. The van der Waals surface area contributed by atoms with Gasteiger partial charge in [-0.25, -0.2) is 0 Å². The van der Waals surface area contributed by atoms with E-state index >= 15 is 0 Å². The summed E-state index contributed by atoms with van der Waals surface area (Å²) in [6, 6.07) is 10.0. The molecule has 0 spiro atoms. The molecule has 2 aromatic rings. The van der Waals surface area contributed by atoms with Gasteiger partial charge in [0.1, 0.15) is 0 Å². The van der Waals surface area contributed by atoms with E-state index in [1.165, 1.54) is 11.3 Å². The Bertz CT molecular complexity index is 760.